The first-order valence-electron chi connectivity index (χ1n) is 23.1. The number of nitrogens with one attached hydrogen (secondary N) is 1. The number of aromatic nitrogens is 2. The number of para-hydroxylation sites is 3. The SMILES string of the molecule is N=C(N=C(N)c1ccccc1)c1cccc(-c2cc3c(c4c2c2ccccc2n4-c2ccc4c(c2)c2ccccc2n4-c2ccccc2)-c2ccccc2C3(c2ccccc2)c2ccccc2)c1. The van der Waals surface area contributed by atoms with Gasteiger partial charge in [0, 0.05) is 49.6 Å². The van der Waals surface area contributed by atoms with Gasteiger partial charge in [-0.05, 0) is 93.5 Å². The van der Waals surface area contributed by atoms with E-state index in [1.165, 1.54) is 49.7 Å². The van der Waals surface area contributed by atoms with E-state index in [0.29, 0.717) is 11.4 Å². The number of hydrogen-bond acceptors (Lipinski definition) is 1. The molecule has 0 aliphatic heterocycles. The Hall–Kier alpha value is -9.06. The first kappa shape index (κ1) is 39.3. The number of rotatable bonds is 7. The van der Waals surface area contributed by atoms with Crippen molar-refractivity contribution in [2.45, 2.75) is 5.41 Å². The molecule has 0 saturated heterocycles. The molecule has 2 heterocycles. The summed E-state index contributed by atoms with van der Waals surface area (Å²) >= 11 is 0. The molecule has 0 bridgehead atoms. The molecular weight excluding hydrogens is 827 g/mol. The molecule has 1 aliphatic rings. The lowest BCUT2D eigenvalue weighted by Gasteiger charge is -2.34. The van der Waals surface area contributed by atoms with E-state index < -0.39 is 5.41 Å². The summed E-state index contributed by atoms with van der Waals surface area (Å²) < 4.78 is 4.89. The molecule has 12 aromatic rings. The van der Waals surface area contributed by atoms with Gasteiger partial charge in [0.2, 0.25) is 0 Å². The summed E-state index contributed by atoms with van der Waals surface area (Å²) in [4.78, 5) is 4.63. The van der Waals surface area contributed by atoms with Gasteiger partial charge in [-0.2, -0.15) is 0 Å². The lowest BCUT2D eigenvalue weighted by Crippen LogP contribution is -2.28. The summed E-state index contributed by atoms with van der Waals surface area (Å²) in [7, 11) is 0. The Bertz CT molecular complexity index is 3940. The van der Waals surface area contributed by atoms with Gasteiger partial charge >= 0.3 is 0 Å². The van der Waals surface area contributed by atoms with Crippen LogP contribution in [0.15, 0.2) is 248 Å². The molecule has 0 radical (unpaired) electrons. The van der Waals surface area contributed by atoms with Gasteiger partial charge in [-0.25, -0.2) is 4.99 Å². The van der Waals surface area contributed by atoms with Gasteiger partial charge < -0.3 is 14.9 Å². The van der Waals surface area contributed by atoms with E-state index in [9.17, 15) is 5.41 Å². The van der Waals surface area contributed by atoms with Crippen LogP contribution < -0.4 is 5.73 Å². The number of nitrogens with two attached hydrogens (primary N) is 1. The van der Waals surface area contributed by atoms with Crippen molar-refractivity contribution in [1.29, 1.82) is 5.41 Å². The van der Waals surface area contributed by atoms with Crippen LogP contribution >= 0.6 is 0 Å². The van der Waals surface area contributed by atoms with Crippen LogP contribution in [0.5, 0.6) is 0 Å². The first-order valence-corrected chi connectivity index (χ1v) is 23.1. The molecule has 13 rings (SSSR count). The van der Waals surface area contributed by atoms with Crippen molar-refractivity contribution in [3.8, 4) is 33.6 Å². The Labute approximate surface area is 393 Å². The zero-order chi connectivity index (χ0) is 45.3. The van der Waals surface area contributed by atoms with Crippen molar-refractivity contribution in [2.24, 2.45) is 10.7 Å². The topological polar surface area (TPSA) is 72.1 Å². The highest BCUT2D eigenvalue weighted by molar-refractivity contribution is 6.22. The van der Waals surface area contributed by atoms with E-state index in [-0.39, 0.29) is 5.84 Å². The number of benzene rings is 10. The standard InChI is InChI=1S/C63H43N5/c64-61(41-20-5-1-6-21-41)66-62(65)43-23-19-22-42(38-43)51-40-54-59(49-31-13-16-33-53(49)63(54,44-24-7-2-8-25-44)45-26-9-3-10-27-45)60-58(51)50-32-15-18-35-56(50)68(60)47-36-37-57-52(39-47)48-30-14-17-34-55(48)67(57)46-28-11-4-12-29-46/h1-40H,(H3,64,65,66). The number of fused-ring (bicyclic) bond motifs is 10. The molecule has 1 aliphatic carbocycles. The monoisotopic (exact) mass is 869 g/mol. The normalized spacial score (nSPS) is 13.0. The highest BCUT2D eigenvalue weighted by Crippen LogP contribution is 2.60. The van der Waals surface area contributed by atoms with Crippen LogP contribution in [0, 0.1) is 5.41 Å². The van der Waals surface area contributed by atoms with Crippen LogP contribution in [0.1, 0.15) is 33.4 Å². The van der Waals surface area contributed by atoms with E-state index >= 15 is 0 Å². The molecule has 0 fully saturated rings. The molecular formula is C63H43N5. The molecule has 0 amide bonds. The number of aliphatic imine (C=N–C) groups is 1. The van der Waals surface area contributed by atoms with Gasteiger partial charge in [0.25, 0.3) is 0 Å². The van der Waals surface area contributed by atoms with Gasteiger partial charge in [-0.3, -0.25) is 5.41 Å². The molecule has 0 unspecified atom stereocenters. The summed E-state index contributed by atoms with van der Waals surface area (Å²) in [6.45, 7) is 0. The summed E-state index contributed by atoms with van der Waals surface area (Å²) in [5.41, 5.74) is 23.4. The molecule has 0 atom stereocenters. The molecule has 68 heavy (non-hydrogen) atoms. The van der Waals surface area contributed by atoms with Crippen molar-refractivity contribution < 1.29 is 0 Å². The minimum atomic E-state index is -0.662. The molecule has 2 aromatic heterocycles. The van der Waals surface area contributed by atoms with E-state index in [4.69, 9.17) is 5.73 Å². The van der Waals surface area contributed by atoms with Crippen molar-refractivity contribution in [1.82, 2.24) is 9.13 Å². The molecule has 3 N–H and O–H groups in total. The maximum absolute atomic E-state index is 9.28. The summed E-state index contributed by atoms with van der Waals surface area (Å²) in [6.07, 6.45) is 0. The van der Waals surface area contributed by atoms with Crippen molar-refractivity contribution in [2.75, 3.05) is 0 Å². The van der Waals surface area contributed by atoms with Crippen LogP contribution in [-0.2, 0) is 5.41 Å². The van der Waals surface area contributed by atoms with Crippen LogP contribution in [-0.4, -0.2) is 20.8 Å². The van der Waals surface area contributed by atoms with Gasteiger partial charge in [0.1, 0.15) is 5.84 Å². The Kier molecular flexibility index (Phi) is 8.99. The second-order valence-electron chi connectivity index (χ2n) is 17.6. The van der Waals surface area contributed by atoms with E-state index in [1.807, 2.05) is 42.5 Å². The highest BCUT2D eigenvalue weighted by Gasteiger charge is 2.48. The molecule has 0 saturated carbocycles. The maximum Gasteiger partial charge on any atom is 0.154 e. The molecule has 320 valence electrons. The van der Waals surface area contributed by atoms with Crippen LogP contribution in [0.4, 0.5) is 0 Å². The zero-order valence-electron chi connectivity index (χ0n) is 37.0. The van der Waals surface area contributed by atoms with Gasteiger partial charge in [-0.1, -0.05) is 188 Å². The maximum atomic E-state index is 9.28. The van der Waals surface area contributed by atoms with Gasteiger partial charge in [0.05, 0.1) is 27.5 Å². The number of hydrogen-bond donors (Lipinski definition) is 2. The van der Waals surface area contributed by atoms with Gasteiger partial charge in [-0.15, -0.1) is 0 Å². The first-order chi connectivity index (χ1) is 33.6. The smallest absolute Gasteiger partial charge is 0.154 e. The van der Waals surface area contributed by atoms with Crippen molar-refractivity contribution >= 4 is 55.3 Å². The Morgan fingerprint density at radius 3 is 1.72 bits per heavy atom. The van der Waals surface area contributed by atoms with Crippen LogP contribution in [0.3, 0.4) is 0 Å². The summed E-state index contributed by atoms with van der Waals surface area (Å²) in [5, 5.41) is 14.0. The molecule has 5 heteroatoms. The molecule has 0 spiro atoms. The third-order valence-corrected chi connectivity index (χ3v) is 14.0. The quantitative estimate of drug-likeness (QED) is 0.122. The summed E-state index contributed by atoms with van der Waals surface area (Å²) in [5.74, 6) is 0.410. The summed E-state index contributed by atoms with van der Waals surface area (Å²) in [6, 6.07) is 86.6. The van der Waals surface area contributed by atoms with Crippen LogP contribution in [0.2, 0.25) is 0 Å². The third-order valence-electron chi connectivity index (χ3n) is 14.0. The fourth-order valence-corrected chi connectivity index (χ4v) is 11.2. The predicted molar refractivity (Wildman–Crippen MR) is 282 cm³/mol. The average Bonchev–Trinajstić information content (AvgIpc) is 4.03. The average molecular weight is 870 g/mol. The van der Waals surface area contributed by atoms with Gasteiger partial charge in [0.15, 0.2) is 5.84 Å². The van der Waals surface area contributed by atoms with Crippen molar-refractivity contribution in [3.05, 3.63) is 276 Å². The fraction of sp³-hybridized carbons (Fsp3) is 0.0159. The largest absolute Gasteiger partial charge is 0.383 e. The Morgan fingerprint density at radius 2 is 1.00 bits per heavy atom. The predicted octanol–water partition coefficient (Wildman–Crippen LogP) is 14.6. The molecule has 10 aromatic carbocycles. The Balaban J connectivity index is 1.16. The zero-order valence-corrected chi connectivity index (χ0v) is 37.0. The van der Waals surface area contributed by atoms with Crippen molar-refractivity contribution in [3.63, 3.8) is 0 Å². The van der Waals surface area contributed by atoms with E-state index in [0.717, 1.165) is 55.4 Å². The minimum Gasteiger partial charge on any atom is -0.383 e. The van der Waals surface area contributed by atoms with E-state index in [1.54, 1.807) is 0 Å². The van der Waals surface area contributed by atoms with Crippen LogP contribution in [0.25, 0.3) is 77.2 Å². The Morgan fingerprint density at radius 1 is 0.426 bits per heavy atom. The second kappa shape index (κ2) is 15.5. The molecule has 5 nitrogen and oxygen atoms in total. The second-order valence-corrected chi connectivity index (χ2v) is 17.6. The lowest BCUT2D eigenvalue weighted by molar-refractivity contribution is 0.769. The third kappa shape index (κ3) is 5.82. The number of amidine groups is 2. The minimum absolute atomic E-state index is 0.103. The number of nitrogens with zero attached hydrogens (tertiary/aromatic N) is 3. The van der Waals surface area contributed by atoms with E-state index in [2.05, 4.69) is 214 Å². The lowest BCUT2D eigenvalue weighted by atomic mass is 9.67. The highest BCUT2D eigenvalue weighted by atomic mass is 15.0. The fourth-order valence-electron chi connectivity index (χ4n) is 11.2.